The van der Waals surface area contributed by atoms with Crippen molar-refractivity contribution in [3.05, 3.63) is 0 Å². The van der Waals surface area contributed by atoms with E-state index in [1.54, 1.807) is 0 Å². The number of hydrogen-bond donors (Lipinski definition) is 1. The smallest absolute Gasteiger partial charge is 0.407 e. The summed E-state index contributed by atoms with van der Waals surface area (Å²) >= 11 is 0. The van der Waals surface area contributed by atoms with E-state index < -0.39 is 5.60 Å². The van der Waals surface area contributed by atoms with Gasteiger partial charge in [0, 0.05) is 6.04 Å². The highest BCUT2D eigenvalue weighted by molar-refractivity contribution is 5.68. The number of alkyl carbamates (subject to hydrolysis) is 1. The highest BCUT2D eigenvalue weighted by Crippen LogP contribution is 2.52. The van der Waals surface area contributed by atoms with Gasteiger partial charge in [-0.05, 0) is 52.4 Å². The normalized spacial score (nSPS) is 20.1. The Morgan fingerprint density at radius 1 is 1.44 bits per heavy atom. The number of ether oxygens (including phenoxy) is 1. The molecule has 0 aliphatic heterocycles. The molecule has 1 unspecified atom stereocenters. The maximum absolute atomic E-state index is 11.6. The molecule has 0 aromatic rings. The molecule has 0 spiro atoms. The van der Waals surface area contributed by atoms with E-state index in [2.05, 4.69) is 19.2 Å². The van der Waals surface area contributed by atoms with Gasteiger partial charge in [0.2, 0.25) is 0 Å². The molecule has 94 valence electrons. The molecule has 1 aliphatic carbocycles. The molecular formula is C13H25NO2. The van der Waals surface area contributed by atoms with Crippen molar-refractivity contribution in [2.24, 2.45) is 5.41 Å². The Morgan fingerprint density at radius 3 is 2.38 bits per heavy atom. The summed E-state index contributed by atoms with van der Waals surface area (Å²) in [5.74, 6) is 0. The van der Waals surface area contributed by atoms with Gasteiger partial charge in [-0.3, -0.25) is 0 Å². The van der Waals surface area contributed by atoms with Gasteiger partial charge in [-0.2, -0.15) is 0 Å². The molecule has 1 N–H and O–H groups in total. The van der Waals surface area contributed by atoms with Crippen molar-refractivity contribution < 1.29 is 9.53 Å². The van der Waals surface area contributed by atoms with Gasteiger partial charge < -0.3 is 10.1 Å². The summed E-state index contributed by atoms with van der Waals surface area (Å²) in [4.78, 5) is 11.6. The summed E-state index contributed by atoms with van der Waals surface area (Å²) in [6, 6.07) is 0.224. The molecule has 1 amide bonds. The zero-order chi connectivity index (χ0) is 12.4. The summed E-state index contributed by atoms with van der Waals surface area (Å²) in [6.45, 7) is 9.94. The maximum Gasteiger partial charge on any atom is 0.407 e. The van der Waals surface area contributed by atoms with Crippen molar-refractivity contribution in [3.8, 4) is 0 Å². The Balaban J connectivity index is 2.40. The van der Waals surface area contributed by atoms with E-state index in [4.69, 9.17) is 4.74 Å². The molecule has 1 rings (SSSR count). The number of carbonyl (C=O) groups is 1. The van der Waals surface area contributed by atoms with Crippen molar-refractivity contribution >= 4 is 6.09 Å². The third-order valence-corrected chi connectivity index (χ3v) is 3.29. The van der Waals surface area contributed by atoms with Crippen LogP contribution in [0.5, 0.6) is 0 Å². The predicted octanol–water partition coefficient (Wildman–Crippen LogP) is 3.48. The van der Waals surface area contributed by atoms with Crippen LogP contribution >= 0.6 is 0 Å². The van der Waals surface area contributed by atoms with Crippen molar-refractivity contribution in [3.63, 3.8) is 0 Å². The molecular weight excluding hydrogens is 202 g/mol. The number of nitrogens with one attached hydrogen (secondary N) is 1. The monoisotopic (exact) mass is 227 g/mol. The molecule has 0 saturated heterocycles. The van der Waals surface area contributed by atoms with Crippen molar-refractivity contribution in [2.45, 2.75) is 71.9 Å². The van der Waals surface area contributed by atoms with Gasteiger partial charge in [0.15, 0.2) is 0 Å². The average molecular weight is 227 g/mol. The third kappa shape index (κ3) is 3.69. The summed E-state index contributed by atoms with van der Waals surface area (Å²) in [5, 5.41) is 2.96. The molecule has 0 aromatic heterocycles. The zero-order valence-electron chi connectivity index (χ0n) is 11.2. The van der Waals surface area contributed by atoms with Crippen LogP contribution in [0.2, 0.25) is 0 Å². The summed E-state index contributed by atoms with van der Waals surface area (Å²) in [5.41, 5.74) is -0.0586. The SMILES string of the molecule is CCCC1(C(C)NC(=O)OC(C)(C)C)CC1. The quantitative estimate of drug-likeness (QED) is 0.798. The second kappa shape index (κ2) is 4.64. The molecule has 0 aromatic carbocycles. The summed E-state index contributed by atoms with van der Waals surface area (Å²) < 4.78 is 5.26. The summed E-state index contributed by atoms with van der Waals surface area (Å²) in [6.07, 6.45) is 4.56. The number of rotatable bonds is 4. The maximum atomic E-state index is 11.6. The molecule has 1 saturated carbocycles. The molecule has 1 fully saturated rings. The average Bonchev–Trinajstić information content (AvgIpc) is 2.82. The minimum atomic E-state index is -0.411. The van der Waals surface area contributed by atoms with Gasteiger partial charge in [0.05, 0.1) is 0 Å². The van der Waals surface area contributed by atoms with Gasteiger partial charge in [-0.1, -0.05) is 13.3 Å². The molecule has 0 heterocycles. The van der Waals surface area contributed by atoms with E-state index in [-0.39, 0.29) is 12.1 Å². The molecule has 1 aliphatic rings. The lowest BCUT2D eigenvalue weighted by atomic mass is 9.93. The van der Waals surface area contributed by atoms with E-state index in [1.165, 1.54) is 25.7 Å². The molecule has 0 radical (unpaired) electrons. The Labute approximate surface area is 98.9 Å². The lowest BCUT2D eigenvalue weighted by molar-refractivity contribution is 0.0484. The van der Waals surface area contributed by atoms with E-state index in [9.17, 15) is 4.79 Å². The van der Waals surface area contributed by atoms with Crippen LogP contribution in [-0.4, -0.2) is 17.7 Å². The highest BCUT2D eigenvalue weighted by atomic mass is 16.6. The molecule has 3 nitrogen and oxygen atoms in total. The Bertz CT molecular complexity index is 251. The van der Waals surface area contributed by atoms with Crippen LogP contribution in [0.1, 0.15) is 60.3 Å². The fourth-order valence-corrected chi connectivity index (χ4v) is 2.20. The zero-order valence-corrected chi connectivity index (χ0v) is 11.2. The number of carbonyl (C=O) groups excluding carboxylic acids is 1. The minimum absolute atomic E-state index is 0.224. The van der Waals surface area contributed by atoms with Gasteiger partial charge in [-0.25, -0.2) is 4.79 Å². The fourth-order valence-electron chi connectivity index (χ4n) is 2.20. The lowest BCUT2D eigenvalue weighted by Gasteiger charge is -2.26. The highest BCUT2D eigenvalue weighted by Gasteiger charge is 2.47. The van der Waals surface area contributed by atoms with Gasteiger partial charge >= 0.3 is 6.09 Å². The van der Waals surface area contributed by atoms with Crippen molar-refractivity contribution in [1.29, 1.82) is 0 Å². The number of amides is 1. The second-order valence-electron chi connectivity index (χ2n) is 5.98. The molecule has 0 bridgehead atoms. The van der Waals surface area contributed by atoms with Crippen LogP contribution in [0.15, 0.2) is 0 Å². The Hall–Kier alpha value is -0.730. The van der Waals surface area contributed by atoms with E-state index >= 15 is 0 Å². The van der Waals surface area contributed by atoms with Gasteiger partial charge in [-0.15, -0.1) is 0 Å². The van der Waals surface area contributed by atoms with Crippen LogP contribution in [0, 0.1) is 5.41 Å². The first kappa shape index (κ1) is 13.3. The molecule has 16 heavy (non-hydrogen) atoms. The van der Waals surface area contributed by atoms with E-state index in [1.807, 2.05) is 20.8 Å². The first-order chi connectivity index (χ1) is 7.29. The molecule has 3 heteroatoms. The lowest BCUT2D eigenvalue weighted by Crippen LogP contribution is -2.42. The van der Waals surface area contributed by atoms with Crippen LogP contribution in [0.3, 0.4) is 0 Å². The standard InChI is InChI=1S/C13H25NO2/c1-6-7-13(8-9-13)10(2)14-11(15)16-12(3,4)5/h10H,6-9H2,1-5H3,(H,14,15). The van der Waals surface area contributed by atoms with Crippen molar-refractivity contribution in [1.82, 2.24) is 5.32 Å². The topological polar surface area (TPSA) is 38.3 Å². The fraction of sp³-hybridized carbons (Fsp3) is 0.923. The number of hydrogen-bond acceptors (Lipinski definition) is 2. The van der Waals surface area contributed by atoms with Crippen LogP contribution in [-0.2, 0) is 4.74 Å². The van der Waals surface area contributed by atoms with Crippen molar-refractivity contribution in [2.75, 3.05) is 0 Å². The second-order valence-corrected chi connectivity index (χ2v) is 5.98. The van der Waals surface area contributed by atoms with Crippen LogP contribution < -0.4 is 5.32 Å². The van der Waals surface area contributed by atoms with Crippen LogP contribution in [0.4, 0.5) is 4.79 Å². The van der Waals surface area contributed by atoms with Gasteiger partial charge in [0.1, 0.15) is 5.60 Å². The van der Waals surface area contributed by atoms with Gasteiger partial charge in [0.25, 0.3) is 0 Å². The van der Waals surface area contributed by atoms with E-state index in [0.29, 0.717) is 5.41 Å². The third-order valence-electron chi connectivity index (χ3n) is 3.29. The van der Waals surface area contributed by atoms with E-state index in [0.717, 1.165) is 0 Å². The summed E-state index contributed by atoms with van der Waals surface area (Å²) in [7, 11) is 0. The Morgan fingerprint density at radius 2 is 2.00 bits per heavy atom. The minimum Gasteiger partial charge on any atom is -0.444 e. The predicted molar refractivity (Wildman–Crippen MR) is 65.4 cm³/mol. The largest absolute Gasteiger partial charge is 0.444 e. The Kier molecular flexibility index (Phi) is 3.87. The van der Waals surface area contributed by atoms with Crippen LogP contribution in [0.25, 0.3) is 0 Å². The molecule has 1 atom stereocenters. The first-order valence-corrected chi connectivity index (χ1v) is 6.28. The first-order valence-electron chi connectivity index (χ1n) is 6.28.